The van der Waals surface area contributed by atoms with E-state index in [1.165, 1.54) is 32.2 Å². The van der Waals surface area contributed by atoms with Gasteiger partial charge in [0.25, 0.3) is 0 Å². The van der Waals surface area contributed by atoms with Crippen molar-refractivity contribution in [2.24, 2.45) is 0 Å². The van der Waals surface area contributed by atoms with Gasteiger partial charge in [-0.2, -0.15) is 0 Å². The van der Waals surface area contributed by atoms with Crippen LogP contribution in [0.25, 0.3) is 0 Å². The first-order valence-corrected chi connectivity index (χ1v) is 4.30. The minimum Gasteiger partial charge on any atom is -0.311 e. The van der Waals surface area contributed by atoms with Crippen molar-refractivity contribution in [3.63, 3.8) is 0 Å². The first-order chi connectivity index (χ1) is 4.91. The van der Waals surface area contributed by atoms with E-state index < -0.39 is 0 Å². The van der Waals surface area contributed by atoms with Gasteiger partial charge in [0.2, 0.25) is 0 Å². The average molecular weight is 139 g/mol. The van der Waals surface area contributed by atoms with E-state index in [2.05, 4.69) is 10.6 Å². The highest BCUT2D eigenvalue weighted by Crippen LogP contribution is 2.28. The Balaban J connectivity index is 1.98. The Labute approximate surface area is 62.4 Å². The maximum Gasteiger partial charge on any atom is 0.0207 e. The minimum atomic E-state index is 0.530. The Kier molecular flexibility index (Phi) is 1.66. The summed E-state index contributed by atoms with van der Waals surface area (Å²) in [5.41, 5.74) is 0.530. The fourth-order valence-corrected chi connectivity index (χ4v) is 2.12. The Morgan fingerprint density at radius 1 is 1.10 bits per heavy atom. The molecule has 57 valence electrons. The maximum atomic E-state index is 4.36. The highest BCUT2D eigenvalue weighted by molar-refractivity contribution is 4.95. The Morgan fingerprint density at radius 2 is 1.90 bits per heavy atom. The fraction of sp³-hybridized carbons (Fsp3) is 1.00. The molecule has 2 aliphatic heterocycles. The third-order valence-electron chi connectivity index (χ3n) is 2.83. The second-order valence-electron chi connectivity index (χ2n) is 3.48. The van der Waals surface area contributed by atoms with Crippen molar-refractivity contribution in [1.82, 2.24) is 10.6 Å². The molecular formula is C8H15N2. The number of nitrogens with zero attached hydrogens (tertiary/aromatic N) is 1. The Hall–Kier alpha value is -0.0800. The number of piperidine rings is 1. The van der Waals surface area contributed by atoms with Crippen LogP contribution in [-0.2, 0) is 0 Å². The SMILES string of the molecule is C1CNC2(C1)CC[N]CC2. The van der Waals surface area contributed by atoms with Crippen LogP contribution in [0.15, 0.2) is 0 Å². The average Bonchev–Trinajstić information content (AvgIpc) is 2.39. The molecule has 0 unspecified atom stereocenters. The summed E-state index contributed by atoms with van der Waals surface area (Å²) in [6.45, 7) is 3.42. The molecule has 0 bridgehead atoms. The van der Waals surface area contributed by atoms with Crippen molar-refractivity contribution in [2.45, 2.75) is 31.2 Å². The first kappa shape index (κ1) is 6.62. The fourth-order valence-electron chi connectivity index (χ4n) is 2.12. The molecule has 0 saturated carbocycles. The molecule has 0 aromatic heterocycles. The van der Waals surface area contributed by atoms with Crippen molar-refractivity contribution in [2.75, 3.05) is 19.6 Å². The van der Waals surface area contributed by atoms with Crippen molar-refractivity contribution in [3.8, 4) is 0 Å². The lowest BCUT2D eigenvalue weighted by atomic mass is 9.87. The molecule has 2 saturated heterocycles. The van der Waals surface area contributed by atoms with Crippen LogP contribution in [0.2, 0.25) is 0 Å². The molecule has 1 spiro atoms. The summed E-state index contributed by atoms with van der Waals surface area (Å²) in [7, 11) is 0. The molecule has 1 radical (unpaired) electrons. The van der Waals surface area contributed by atoms with Crippen molar-refractivity contribution < 1.29 is 0 Å². The zero-order valence-electron chi connectivity index (χ0n) is 6.40. The van der Waals surface area contributed by atoms with E-state index in [0.717, 1.165) is 13.1 Å². The summed E-state index contributed by atoms with van der Waals surface area (Å²) in [5, 5.41) is 7.97. The van der Waals surface area contributed by atoms with E-state index in [-0.39, 0.29) is 0 Å². The molecule has 0 atom stereocenters. The van der Waals surface area contributed by atoms with Crippen LogP contribution in [0.1, 0.15) is 25.7 Å². The minimum absolute atomic E-state index is 0.530. The maximum absolute atomic E-state index is 4.36. The third kappa shape index (κ3) is 1.06. The molecule has 2 rings (SSSR count). The molecule has 2 fully saturated rings. The number of rotatable bonds is 0. The highest BCUT2D eigenvalue weighted by Gasteiger charge is 2.34. The largest absolute Gasteiger partial charge is 0.311 e. The summed E-state index contributed by atoms with van der Waals surface area (Å²) in [6.07, 6.45) is 5.34. The molecular weight excluding hydrogens is 124 g/mol. The summed E-state index contributed by atoms with van der Waals surface area (Å²) < 4.78 is 0. The van der Waals surface area contributed by atoms with Gasteiger partial charge in [-0.3, -0.25) is 0 Å². The zero-order chi connectivity index (χ0) is 6.86. The molecule has 0 aliphatic carbocycles. The van der Waals surface area contributed by atoms with E-state index >= 15 is 0 Å². The zero-order valence-corrected chi connectivity index (χ0v) is 6.40. The van der Waals surface area contributed by atoms with E-state index in [1.54, 1.807) is 0 Å². The third-order valence-corrected chi connectivity index (χ3v) is 2.83. The van der Waals surface area contributed by atoms with E-state index in [4.69, 9.17) is 0 Å². The van der Waals surface area contributed by atoms with Crippen LogP contribution < -0.4 is 10.6 Å². The second kappa shape index (κ2) is 2.51. The first-order valence-electron chi connectivity index (χ1n) is 4.30. The number of hydrogen-bond donors (Lipinski definition) is 1. The Bertz CT molecular complexity index is 108. The smallest absolute Gasteiger partial charge is 0.0207 e. The van der Waals surface area contributed by atoms with Crippen LogP contribution in [0.5, 0.6) is 0 Å². The second-order valence-corrected chi connectivity index (χ2v) is 3.48. The van der Waals surface area contributed by atoms with Gasteiger partial charge in [0.1, 0.15) is 0 Å². The predicted octanol–water partition coefficient (Wildman–Crippen LogP) is 0.507. The van der Waals surface area contributed by atoms with Gasteiger partial charge in [0.15, 0.2) is 0 Å². The van der Waals surface area contributed by atoms with Crippen molar-refractivity contribution in [1.29, 1.82) is 0 Å². The van der Waals surface area contributed by atoms with Gasteiger partial charge in [-0.25, -0.2) is 5.32 Å². The van der Waals surface area contributed by atoms with Gasteiger partial charge in [-0.05, 0) is 32.2 Å². The topological polar surface area (TPSA) is 26.1 Å². The monoisotopic (exact) mass is 139 g/mol. The van der Waals surface area contributed by atoms with Crippen LogP contribution in [-0.4, -0.2) is 25.2 Å². The van der Waals surface area contributed by atoms with Crippen LogP contribution >= 0.6 is 0 Å². The molecule has 0 amide bonds. The summed E-state index contributed by atoms with van der Waals surface area (Å²) >= 11 is 0. The lowest BCUT2D eigenvalue weighted by molar-refractivity contribution is 0.274. The predicted molar refractivity (Wildman–Crippen MR) is 41.1 cm³/mol. The van der Waals surface area contributed by atoms with Gasteiger partial charge < -0.3 is 5.32 Å². The normalized spacial score (nSPS) is 31.2. The van der Waals surface area contributed by atoms with Gasteiger partial charge in [0.05, 0.1) is 0 Å². The molecule has 0 aromatic carbocycles. The molecule has 2 heteroatoms. The summed E-state index contributed by atoms with van der Waals surface area (Å²) in [6, 6.07) is 0. The lowest BCUT2D eigenvalue weighted by Gasteiger charge is -2.33. The molecule has 2 heterocycles. The van der Waals surface area contributed by atoms with E-state index in [9.17, 15) is 0 Å². The Morgan fingerprint density at radius 3 is 2.50 bits per heavy atom. The van der Waals surface area contributed by atoms with Crippen molar-refractivity contribution >= 4 is 0 Å². The standard InChI is InChI=1S/C8H15N2/c1-2-8(10-5-1)3-6-9-7-4-8/h10H,1-7H2. The molecule has 0 aromatic rings. The lowest BCUT2D eigenvalue weighted by Crippen LogP contribution is -2.46. The summed E-state index contributed by atoms with van der Waals surface area (Å²) in [4.78, 5) is 0. The quantitative estimate of drug-likeness (QED) is 0.520. The van der Waals surface area contributed by atoms with Crippen molar-refractivity contribution in [3.05, 3.63) is 0 Å². The van der Waals surface area contributed by atoms with Gasteiger partial charge in [-0.1, -0.05) is 0 Å². The number of nitrogens with one attached hydrogen (secondary N) is 1. The van der Waals surface area contributed by atoms with Crippen LogP contribution in [0, 0.1) is 0 Å². The number of hydrogen-bond acceptors (Lipinski definition) is 1. The molecule has 2 nitrogen and oxygen atoms in total. The molecule has 1 N–H and O–H groups in total. The van der Waals surface area contributed by atoms with Gasteiger partial charge >= 0.3 is 0 Å². The van der Waals surface area contributed by atoms with E-state index in [1.807, 2.05) is 0 Å². The van der Waals surface area contributed by atoms with Crippen LogP contribution in [0.3, 0.4) is 0 Å². The summed E-state index contributed by atoms with van der Waals surface area (Å²) in [5.74, 6) is 0. The van der Waals surface area contributed by atoms with Crippen LogP contribution in [0.4, 0.5) is 0 Å². The molecule has 2 aliphatic rings. The molecule has 10 heavy (non-hydrogen) atoms. The van der Waals surface area contributed by atoms with E-state index in [0.29, 0.717) is 5.54 Å². The van der Waals surface area contributed by atoms with Gasteiger partial charge in [0, 0.05) is 18.6 Å². The van der Waals surface area contributed by atoms with Gasteiger partial charge in [-0.15, -0.1) is 0 Å². The highest BCUT2D eigenvalue weighted by atomic mass is 15.0.